The van der Waals surface area contributed by atoms with Gasteiger partial charge >= 0.3 is 5.97 Å². The fourth-order valence-corrected chi connectivity index (χ4v) is 3.14. The molecule has 2 aliphatic rings. The Labute approximate surface area is 109 Å². The van der Waals surface area contributed by atoms with Crippen molar-refractivity contribution in [3.8, 4) is 0 Å². The van der Waals surface area contributed by atoms with Gasteiger partial charge in [-0.25, -0.2) is 4.79 Å². The van der Waals surface area contributed by atoms with Crippen LogP contribution in [0.2, 0.25) is 0 Å². The zero-order valence-electron chi connectivity index (χ0n) is 11.6. The van der Waals surface area contributed by atoms with Crippen molar-refractivity contribution < 1.29 is 19.0 Å². The van der Waals surface area contributed by atoms with Gasteiger partial charge < -0.3 is 14.2 Å². The lowest BCUT2D eigenvalue weighted by Crippen LogP contribution is -2.33. The van der Waals surface area contributed by atoms with Gasteiger partial charge in [-0.3, -0.25) is 0 Å². The zero-order chi connectivity index (χ0) is 13.2. The quantitative estimate of drug-likeness (QED) is 0.559. The SMILES string of the molecule is CCOC(=O)[C@@]1(CC)O[C@@H]1C1CCC(OC)CC1. The van der Waals surface area contributed by atoms with Gasteiger partial charge in [-0.2, -0.15) is 0 Å². The van der Waals surface area contributed by atoms with Gasteiger partial charge in [-0.05, 0) is 44.9 Å². The molecule has 104 valence electrons. The molecule has 1 aliphatic heterocycles. The van der Waals surface area contributed by atoms with Gasteiger partial charge in [0, 0.05) is 7.11 Å². The van der Waals surface area contributed by atoms with Crippen LogP contribution in [0.15, 0.2) is 0 Å². The largest absolute Gasteiger partial charge is 0.464 e. The maximum atomic E-state index is 12.0. The molecule has 0 aromatic carbocycles. The average molecular weight is 256 g/mol. The Morgan fingerprint density at radius 2 is 1.94 bits per heavy atom. The minimum atomic E-state index is -0.638. The Kier molecular flexibility index (Phi) is 4.28. The summed E-state index contributed by atoms with van der Waals surface area (Å²) in [5.74, 6) is 0.312. The molecule has 1 saturated heterocycles. The molecule has 0 aromatic heterocycles. The fraction of sp³-hybridized carbons (Fsp3) is 0.929. The smallest absolute Gasteiger partial charge is 0.341 e. The second-order valence-corrected chi connectivity index (χ2v) is 5.27. The van der Waals surface area contributed by atoms with E-state index in [2.05, 4.69) is 0 Å². The molecule has 0 aromatic rings. The van der Waals surface area contributed by atoms with E-state index in [4.69, 9.17) is 14.2 Å². The first-order valence-corrected chi connectivity index (χ1v) is 7.05. The highest BCUT2D eigenvalue weighted by atomic mass is 16.7. The van der Waals surface area contributed by atoms with Gasteiger partial charge in [0.2, 0.25) is 0 Å². The molecule has 1 aliphatic carbocycles. The number of carbonyl (C=O) groups is 1. The van der Waals surface area contributed by atoms with Crippen molar-refractivity contribution in [1.29, 1.82) is 0 Å². The second kappa shape index (κ2) is 5.57. The summed E-state index contributed by atoms with van der Waals surface area (Å²) < 4.78 is 16.3. The number of carbonyl (C=O) groups excluding carboxylic acids is 1. The van der Waals surface area contributed by atoms with Crippen molar-refractivity contribution in [2.45, 2.75) is 63.8 Å². The summed E-state index contributed by atoms with van der Waals surface area (Å²) in [6, 6.07) is 0. The molecule has 18 heavy (non-hydrogen) atoms. The molecule has 0 spiro atoms. The summed E-state index contributed by atoms with van der Waals surface area (Å²) in [6.45, 7) is 4.26. The van der Waals surface area contributed by atoms with Crippen LogP contribution in [-0.4, -0.2) is 37.5 Å². The van der Waals surface area contributed by atoms with E-state index in [0.29, 0.717) is 25.0 Å². The number of methoxy groups -OCH3 is 1. The average Bonchev–Trinajstić information content (AvgIpc) is 3.15. The summed E-state index contributed by atoms with van der Waals surface area (Å²) in [7, 11) is 1.77. The van der Waals surface area contributed by atoms with Crippen molar-refractivity contribution in [3.63, 3.8) is 0 Å². The molecule has 1 saturated carbocycles. The minimum Gasteiger partial charge on any atom is -0.464 e. The summed E-state index contributed by atoms with van der Waals surface area (Å²) in [5, 5.41) is 0. The molecule has 0 amide bonds. The van der Waals surface area contributed by atoms with Crippen molar-refractivity contribution in [1.82, 2.24) is 0 Å². The summed E-state index contributed by atoms with van der Waals surface area (Å²) >= 11 is 0. The third kappa shape index (κ3) is 2.41. The maximum Gasteiger partial charge on any atom is 0.341 e. The lowest BCUT2D eigenvalue weighted by atomic mass is 9.81. The van der Waals surface area contributed by atoms with Crippen LogP contribution in [0.25, 0.3) is 0 Å². The van der Waals surface area contributed by atoms with E-state index in [-0.39, 0.29) is 12.1 Å². The number of hydrogen-bond acceptors (Lipinski definition) is 4. The molecule has 2 atom stereocenters. The molecular formula is C14H24O4. The van der Waals surface area contributed by atoms with Crippen LogP contribution in [0.3, 0.4) is 0 Å². The Balaban J connectivity index is 1.90. The number of hydrogen-bond donors (Lipinski definition) is 0. The summed E-state index contributed by atoms with van der Waals surface area (Å²) in [5.41, 5.74) is -0.638. The van der Waals surface area contributed by atoms with E-state index < -0.39 is 5.60 Å². The first-order chi connectivity index (χ1) is 8.67. The van der Waals surface area contributed by atoms with E-state index in [1.807, 2.05) is 13.8 Å². The van der Waals surface area contributed by atoms with E-state index in [1.54, 1.807) is 7.11 Å². The highest BCUT2D eigenvalue weighted by Crippen LogP contribution is 2.49. The monoisotopic (exact) mass is 256 g/mol. The third-order valence-corrected chi connectivity index (χ3v) is 4.37. The number of ether oxygens (including phenoxy) is 3. The van der Waals surface area contributed by atoms with Gasteiger partial charge in [0.25, 0.3) is 0 Å². The first kappa shape index (κ1) is 13.8. The highest BCUT2D eigenvalue weighted by molar-refractivity contribution is 5.83. The van der Waals surface area contributed by atoms with Gasteiger partial charge in [-0.15, -0.1) is 0 Å². The van der Waals surface area contributed by atoms with E-state index in [9.17, 15) is 4.79 Å². The minimum absolute atomic E-state index is 0.0688. The topological polar surface area (TPSA) is 48.1 Å². The van der Waals surface area contributed by atoms with Gasteiger partial charge in [0.05, 0.1) is 12.7 Å². The van der Waals surface area contributed by atoms with Crippen LogP contribution in [0.4, 0.5) is 0 Å². The molecule has 0 N–H and O–H groups in total. The van der Waals surface area contributed by atoms with Crippen LogP contribution in [0, 0.1) is 5.92 Å². The van der Waals surface area contributed by atoms with Crippen LogP contribution < -0.4 is 0 Å². The Morgan fingerprint density at radius 1 is 1.28 bits per heavy atom. The van der Waals surface area contributed by atoms with Crippen molar-refractivity contribution in [3.05, 3.63) is 0 Å². The molecule has 2 rings (SSSR count). The molecule has 0 unspecified atom stereocenters. The standard InChI is InChI=1S/C14H24O4/c1-4-14(13(15)17-5-2)12(18-14)10-6-8-11(16-3)9-7-10/h10-12H,4-9H2,1-3H3/t10?,11?,12-,14+/m1/s1. The van der Waals surface area contributed by atoms with Gasteiger partial charge in [0.1, 0.15) is 6.10 Å². The predicted octanol–water partition coefficient (Wildman–Crippen LogP) is 2.30. The lowest BCUT2D eigenvalue weighted by Gasteiger charge is -2.27. The zero-order valence-corrected chi connectivity index (χ0v) is 11.6. The van der Waals surface area contributed by atoms with Crippen LogP contribution >= 0.6 is 0 Å². The number of esters is 1. The van der Waals surface area contributed by atoms with Gasteiger partial charge in [0.15, 0.2) is 5.60 Å². The molecule has 0 radical (unpaired) electrons. The predicted molar refractivity (Wildman–Crippen MR) is 67.3 cm³/mol. The van der Waals surface area contributed by atoms with Crippen molar-refractivity contribution in [2.24, 2.45) is 5.92 Å². The third-order valence-electron chi connectivity index (χ3n) is 4.37. The number of rotatable bonds is 5. The fourth-order valence-electron chi connectivity index (χ4n) is 3.14. The molecule has 1 heterocycles. The van der Waals surface area contributed by atoms with Crippen molar-refractivity contribution in [2.75, 3.05) is 13.7 Å². The molecular weight excluding hydrogens is 232 g/mol. The van der Waals surface area contributed by atoms with Gasteiger partial charge in [-0.1, -0.05) is 6.92 Å². The molecule has 4 nitrogen and oxygen atoms in total. The summed E-state index contributed by atoms with van der Waals surface area (Å²) in [4.78, 5) is 12.0. The molecule has 2 fully saturated rings. The summed E-state index contributed by atoms with van der Waals surface area (Å²) in [6.07, 6.45) is 5.49. The normalized spacial score (nSPS) is 39.4. The molecule has 0 bridgehead atoms. The van der Waals surface area contributed by atoms with Crippen molar-refractivity contribution >= 4 is 5.97 Å². The van der Waals surface area contributed by atoms with Crippen LogP contribution in [-0.2, 0) is 19.0 Å². The van der Waals surface area contributed by atoms with E-state index in [1.165, 1.54) is 0 Å². The lowest BCUT2D eigenvalue weighted by molar-refractivity contribution is -0.149. The molecule has 4 heteroatoms. The Morgan fingerprint density at radius 3 is 2.44 bits per heavy atom. The first-order valence-electron chi connectivity index (χ1n) is 7.05. The Bertz CT molecular complexity index is 296. The number of epoxide rings is 1. The van der Waals surface area contributed by atoms with E-state index >= 15 is 0 Å². The Hall–Kier alpha value is -0.610. The maximum absolute atomic E-state index is 12.0. The van der Waals surface area contributed by atoms with Crippen LogP contribution in [0.1, 0.15) is 46.0 Å². The second-order valence-electron chi connectivity index (χ2n) is 5.27. The van der Waals surface area contributed by atoms with Crippen LogP contribution in [0.5, 0.6) is 0 Å². The highest BCUT2D eigenvalue weighted by Gasteiger charge is 2.64. The van der Waals surface area contributed by atoms with E-state index in [0.717, 1.165) is 25.7 Å².